The van der Waals surface area contributed by atoms with Crippen LogP contribution < -0.4 is 10.6 Å². The second kappa shape index (κ2) is 9.55. The van der Waals surface area contributed by atoms with Gasteiger partial charge in [0.2, 0.25) is 15.9 Å². The fourth-order valence-corrected chi connectivity index (χ4v) is 4.58. The van der Waals surface area contributed by atoms with Crippen LogP contribution in [0.5, 0.6) is 5.75 Å². The third-order valence-corrected chi connectivity index (χ3v) is 6.61. The first-order chi connectivity index (χ1) is 11.8. The molecule has 0 unspecified atom stereocenters. The number of nitrogens with one attached hydrogen (secondary N) is 2. The fourth-order valence-electron chi connectivity index (χ4n) is 3.09. The average Bonchev–Trinajstić information content (AvgIpc) is 2.57. The zero-order valence-corrected chi connectivity index (χ0v) is 17.0. The lowest BCUT2D eigenvalue weighted by molar-refractivity contribution is -0.120. The maximum atomic E-state index is 12.6. The molecule has 2 atom stereocenters. The van der Waals surface area contributed by atoms with Gasteiger partial charge < -0.3 is 15.7 Å². The number of carbonyl (C=O) groups excluding carboxylic acids is 1. The van der Waals surface area contributed by atoms with E-state index in [-0.39, 0.29) is 46.6 Å². The summed E-state index contributed by atoms with van der Waals surface area (Å²) in [5.74, 6) is -0.492. The van der Waals surface area contributed by atoms with Crippen LogP contribution >= 0.6 is 12.4 Å². The second-order valence-electron chi connectivity index (χ2n) is 6.33. The molecule has 1 fully saturated rings. The minimum Gasteiger partial charge on any atom is -0.506 e. The van der Waals surface area contributed by atoms with Gasteiger partial charge in [0.05, 0.1) is 10.6 Å². The van der Waals surface area contributed by atoms with Gasteiger partial charge in [-0.25, -0.2) is 8.42 Å². The summed E-state index contributed by atoms with van der Waals surface area (Å²) in [5.41, 5.74) is 0.129. The summed E-state index contributed by atoms with van der Waals surface area (Å²) < 4.78 is 26.6. The lowest BCUT2D eigenvalue weighted by atomic mass is 9.92. The largest absolute Gasteiger partial charge is 0.506 e. The molecule has 7 nitrogen and oxygen atoms in total. The van der Waals surface area contributed by atoms with E-state index >= 15 is 0 Å². The first kappa shape index (κ1) is 22.7. The molecule has 1 aliphatic heterocycles. The number of anilines is 1. The maximum absolute atomic E-state index is 12.6. The fraction of sp³-hybridized carbons (Fsp3) is 0.588. The Morgan fingerprint density at radius 3 is 2.58 bits per heavy atom. The third kappa shape index (κ3) is 5.09. The van der Waals surface area contributed by atoms with Gasteiger partial charge in [-0.1, -0.05) is 13.8 Å². The number of phenols is 1. The monoisotopic (exact) mass is 405 g/mol. The zero-order chi connectivity index (χ0) is 18.6. The molecule has 0 aliphatic carbocycles. The molecule has 0 radical (unpaired) electrons. The van der Waals surface area contributed by atoms with Gasteiger partial charge in [0.15, 0.2) is 0 Å². The summed E-state index contributed by atoms with van der Waals surface area (Å²) >= 11 is 0. The van der Waals surface area contributed by atoms with Crippen molar-refractivity contribution in [1.29, 1.82) is 0 Å². The number of hydrogen-bond donors (Lipinski definition) is 3. The van der Waals surface area contributed by atoms with Crippen LogP contribution in [0.4, 0.5) is 5.69 Å². The standard InChI is InChI=1S/C17H27N3O4S.ClH/c1-4-20(5-2)25(23,24)14-6-7-16(21)15(11-14)19-17(22)13-8-9-18-12(3)10-13;/h6-7,11-13,18,21H,4-5,8-10H2,1-3H3,(H,19,22);1H/t12-,13-;/m0./s1. The van der Waals surface area contributed by atoms with E-state index in [4.69, 9.17) is 0 Å². The first-order valence-electron chi connectivity index (χ1n) is 8.67. The van der Waals surface area contributed by atoms with E-state index in [1.807, 2.05) is 6.92 Å². The van der Waals surface area contributed by atoms with Crippen molar-refractivity contribution in [2.45, 2.75) is 44.6 Å². The van der Waals surface area contributed by atoms with Crippen LogP contribution in [0.3, 0.4) is 0 Å². The number of hydrogen-bond acceptors (Lipinski definition) is 5. The molecule has 0 saturated carbocycles. The van der Waals surface area contributed by atoms with E-state index in [9.17, 15) is 18.3 Å². The number of phenolic OH excluding ortho intramolecular Hbond substituents is 1. The van der Waals surface area contributed by atoms with E-state index in [1.165, 1.54) is 22.5 Å². The van der Waals surface area contributed by atoms with Crippen molar-refractivity contribution >= 4 is 34.0 Å². The summed E-state index contributed by atoms with van der Waals surface area (Å²) in [4.78, 5) is 12.5. The number of nitrogens with zero attached hydrogens (tertiary/aromatic N) is 1. The van der Waals surface area contributed by atoms with Crippen LogP contribution in [-0.2, 0) is 14.8 Å². The third-order valence-electron chi connectivity index (χ3n) is 4.56. The number of benzene rings is 1. The Balaban J connectivity index is 0.00000338. The molecule has 2 rings (SSSR count). The Morgan fingerprint density at radius 1 is 1.35 bits per heavy atom. The summed E-state index contributed by atoms with van der Waals surface area (Å²) in [6.45, 7) is 7.03. The number of piperidine rings is 1. The second-order valence-corrected chi connectivity index (χ2v) is 8.27. The molecule has 1 amide bonds. The normalized spacial score (nSPS) is 20.5. The Bertz CT molecular complexity index is 723. The molecule has 0 aromatic heterocycles. The summed E-state index contributed by atoms with van der Waals surface area (Å²) in [6, 6.07) is 4.24. The predicted octanol–water partition coefficient (Wildman–Crippen LogP) is 2.17. The molecular weight excluding hydrogens is 378 g/mol. The molecule has 26 heavy (non-hydrogen) atoms. The highest BCUT2D eigenvalue weighted by molar-refractivity contribution is 7.89. The predicted molar refractivity (Wildman–Crippen MR) is 104 cm³/mol. The SMILES string of the molecule is CCN(CC)S(=O)(=O)c1ccc(O)c(NC(=O)[C@H]2CCN[C@@H](C)C2)c1.Cl. The topological polar surface area (TPSA) is 98.7 Å². The molecule has 0 spiro atoms. The van der Waals surface area contributed by atoms with Crippen LogP contribution in [0.15, 0.2) is 23.1 Å². The summed E-state index contributed by atoms with van der Waals surface area (Å²) in [7, 11) is -3.65. The van der Waals surface area contributed by atoms with Gasteiger partial charge in [-0.3, -0.25) is 4.79 Å². The average molecular weight is 406 g/mol. The number of rotatable bonds is 6. The highest BCUT2D eigenvalue weighted by atomic mass is 35.5. The van der Waals surface area contributed by atoms with Crippen molar-refractivity contribution in [3.05, 3.63) is 18.2 Å². The molecule has 1 aromatic rings. The van der Waals surface area contributed by atoms with Crippen molar-refractivity contribution in [1.82, 2.24) is 9.62 Å². The van der Waals surface area contributed by atoms with Gasteiger partial charge >= 0.3 is 0 Å². The Hall–Kier alpha value is -1.35. The minimum absolute atomic E-state index is 0. The van der Waals surface area contributed by atoms with Crippen LogP contribution in [0, 0.1) is 5.92 Å². The number of amides is 1. The maximum Gasteiger partial charge on any atom is 0.243 e. The molecule has 3 N–H and O–H groups in total. The number of sulfonamides is 1. The van der Waals surface area contributed by atoms with Crippen molar-refractivity contribution in [3.63, 3.8) is 0 Å². The van der Waals surface area contributed by atoms with Gasteiger partial charge in [-0.15, -0.1) is 12.4 Å². The van der Waals surface area contributed by atoms with E-state index in [2.05, 4.69) is 10.6 Å². The molecule has 1 saturated heterocycles. The van der Waals surface area contributed by atoms with E-state index in [0.29, 0.717) is 25.9 Å². The molecule has 148 valence electrons. The first-order valence-corrected chi connectivity index (χ1v) is 10.1. The van der Waals surface area contributed by atoms with Crippen LogP contribution in [0.25, 0.3) is 0 Å². The molecule has 1 aliphatic rings. The highest BCUT2D eigenvalue weighted by Crippen LogP contribution is 2.29. The van der Waals surface area contributed by atoms with Gasteiger partial charge in [-0.05, 0) is 44.5 Å². The minimum atomic E-state index is -3.65. The molecule has 1 aromatic carbocycles. The summed E-state index contributed by atoms with van der Waals surface area (Å²) in [5, 5.41) is 16.0. The van der Waals surface area contributed by atoms with Crippen LogP contribution in [0.1, 0.15) is 33.6 Å². The smallest absolute Gasteiger partial charge is 0.243 e. The number of aromatic hydroxyl groups is 1. The van der Waals surface area contributed by atoms with Crippen molar-refractivity contribution in [2.24, 2.45) is 5.92 Å². The lowest BCUT2D eigenvalue weighted by Crippen LogP contribution is -2.40. The Morgan fingerprint density at radius 2 is 2.00 bits per heavy atom. The quantitative estimate of drug-likeness (QED) is 0.630. The van der Waals surface area contributed by atoms with E-state index in [1.54, 1.807) is 13.8 Å². The Labute approximate surface area is 161 Å². The lowest BCUT2D eigenvalue weighted by Gasteiger charge is -2.27. The number of carbonyl (C=O) groups is 1. The van der Waals surface area contributed by atoms with Crippen molar-refractivity contribution in [3.8, 4) is 5.75 Å². The van der Waals surface area contributed by atoms with Gasteiger partial charge in [0, 0.05) is 25.0 Å². The molecule has 0 bridgehead atoms. The van der Waals surface area contributed by atoms with Gasteiger partial charge in [0.1, 0.15) is 5.75 Å². The summed E-state index contributed by atoms with van der Waals surface area (Å²) in [6.07, 6.45) is 1.43. The van der Waals surface area contributed by atoms with Crippen LogP contribution in [-0.4, -0.2) is 49.4 Å². The Kier molecular flexibility index (Phi) is 8.33. The molecule has 1 heterocycles. The highest BCUT2D eigenvalue weighted by Gasteiger charge is 2.27. The van der Waals surface area contributed by atoms with E-state index < -0.39 is 10.0 Å². The van der Waals surface area contributed by atoms with Crippen molar-refractivity contribution < 1.29 is 18.3 Å². The van der Waals surface area contributed by atoms with Crippen LogP contribution in [0.2, 0.25) is 0 Å². The zero-order valence-electron chi connectivity index (χ0n) is 15.4. The van der Waals surface area contributed by atoms with Gasteiger partial charge in [0.25, 0.3) is 0 Å². The van der Waals surface area contributed by atoms with Gasteiger partial charge in [-0.2, -0.15) is 4.31 Å². The molecule has 9 heteroatoms. The van der Waals surface area contributed by atoms with Crippen molar-refractivity contribution in [2.75, 3.05) is 25.0 Å². The molecular formula is C17H28ClN3O4S. The number of halogens is 1. The van der Waals surface area contributed by atoms with E-state index in [0.717, 1.165) is 6.54 Å².